The van der Waals surface area contributed by atoms with Gasteiger partial charge < -0.3 is 10.1 Å². The second-order valence-electron chi connectivity index (χ2n) is 6.35. The van der Waals surface area contributed by atoms with Gasteiger partial charge in [-0.3, -0.25) is 0 Å². The molecule has 18 heavy (non-hydrogen) atoms. The molecule has 1 saturated carbocycles. The van der Waals surface area contributed by atoms with Crippen LogP contribution in [0.25, 0.3) is 0 Å². The van der Waals surface area contributed by atoms with Gasteiger partial charge in [0.1, 0.15) is 5.75 Å². The predicted molar refractivity (Wildman–Crippen MR) is 76.2 cm³/mol. The fourth-order valence-electron chi connectivity index (χ4n) is 2.54. The SMILES string of the molecule is COc1ccc(C2CCC2CNC(C)(C)C)cc1. The van der Waals surface area contributed by atoms with E-state index in [0.29, 0.717) is 0 Å². The Hall–Kier alpha value is -1.02. The van der Waals surface area contributed by atoms with Crippen molar-refractivity contribution in [3.63, 3.8) is 0 Å². The molecule has 2 nitrogen and oxygen atoms in total. The van der Waals surface area contributed by atoms with Crippen LogP contribution in [0.3, 0.4) is 0 Å². The molecule has 1 fully saturated rings. The summed E-state index contributed by atoms with van der Waals surface area (Å²) in [6, 6.07) is 8.57. The number of hydrogen-bond acceptors (Lipinski definition) is 2. The van der Waals surface area contributed by atoms with Crippen molar-refractivity contribution in [1.82, 2.24) is 5.32 Å². The minimum Gasteiger partial charge on any atom is -0.497 e. The molecular formula is C16H25NO. The summed E-state index contributed by atoms with van der Waals surface area (Å²) in [5, 5.41) is 3.62. The Morgan fingerprint density at radius 1 is 1.17 bits per heavy atom. The topological polar surface area (TPSA) is 21.3 Å². The third-order valence-electron chi connectivity index (χ3n) is 3.86. The number of benzene rings is 1. The number of rotatable bonds is 4. The van der Waals surface area contributed by atoms with Gasteiger partial charge in [-0.05, 0) is 69.7 Å². The molecule has 2 unspecified atom stereocenters. The Balaban J connectivity index is 1.92. The lowest BCUT2D eigenvalue weighted by molar-refractivity contribution is 0.225. The van der Waals surface area contributed by atoms with E-state index in [1.54, 1.807) is 7.11 Å². The van der Waals surface area contributed by atoms with Crippen LogP contribution in [-0.4, -0.2) is 19.2 Å². The molecule has 1 aliphatic carbocycles. The average Bonchev–Trinajstić information content (AvgIpc) is 2.27. The first-order valence-electron chi connectivity index (χ1n) is 6.88. The first-order valence-corrected chi connectivity index (χ1v) is 6.88. The highest BCUT2D eigenvalue weighted by molar-refractivity contribution is 5.31. The average molecular weight is 247 g/mol. The van der Waals surface area contributed by atoms with Gasteiger partial charge in [0, 0.05) is 5.54 Å². The van der Waals surface area contributed by atoms with Crippen LogP contribution in [0, 0.1) is 5.92 Å². The highest BCUT2D eigenvalue weighted by Gasteiger charge is 2.32. The molecule has 1 aliphatic rings. The summed E-state index contributed by atoms with van der Waals surface area (Å²) in [7, 11) is 1.72. The first-order chi connectivity index (χ1) is 8.49. The Bertz CT molecular complexity index is 377. The molecule has 0 saturated heterocycles. The quantitative estimate of drug-likeness (QED) is 0.878. The van der Waals surface area contributed by atoms with Crippen molar-refractivity contribution in [2.75, 3.05) is 13.7 Å². The van der Waals surface area contributed by atoms with E-state index in [1.165, 1.54) is 18.4 Å². The molecule has 2 heteroatoms. The first kappa shape index (κ1) is 13.4. The molecule has 0 amide bonds. The zero-order chi connectivity index (χ0) is 13.2. The number of hydrogen-bond donors (Lipinski definition) is 1. The summed E-state index contributed by atoms with van der Waals surface area (Å²) in [6.07, 6.45) is 2.67. The van der Waals surface area contributed by atoms with Crippen LogP contribution in [-0.2, 0) is 0 Å². The molecule has 0 heterocycles. The molecule has 0 radical (unpaired) electrons. The Labute approximate surface area is 111 Å². The van der Waals surface area contributed by atoms with E-state index in [0.717, 1.165) is 24.1 Å². The summed E-state index contributed by atoms with van der Waals surface area (Å²) in [5.41, 5.74) is 1.68. The molecule has 100 valence electrons. The zero-order valence-electron chi connectivity index (χ0n) is 12.0. The van der Waals surface area contributed by atoms with Crippen LogP contribution in [0.15, 0.2) is 24.3 Å². The summed E-state index contributed by atoms with van der Waals surface area (Å²) >= 11 is 0. The van der Waals surface area contributed by atoms with Gasteiger partial charge in [-0.2, -0.15) is 0 Å². The molecule has 1 aromatic carbocycles. The smallest absolute Gasteiger partial charge is 0.118 e. The van der Waals surface area contributed by atoms with E-state index >= 15 is 0 Å². The van der Waals surface area contributed by atoms with Gasteiger partial charge in [0.2, 0.25) is 0 Å². The van der Waals surface area contributed by atoms with Gasteiger partial charge >= 0.3 is 0 Å². The molecule has 1 N–H and O–H groups in total. The summed E-state index contributed by atoms with van der Waals surface area (Å²) in [5.74, 6) is 2.46. The third-order valence-corrected chi connectivity index (χ3v) is 3.86. The van der Waals surface area contributed by atoms with Crippen molar-refractivity contribution in [3.05, 3.63) is 29.8 Å². The van der Waals surface area contributed by atoms with Crippen molar-refractivity contribution >= 4 is 0 Å². The van der Waals surface area contributed by atoms with E-state index in [2.05, 4.69) is 50.4 Å². The van der Waals surface area contributed by atoms with Crippen LogP contribution in [0.5, 0.6) is 5.75 Å². The van der Waals surface area contributed by atoms with Gasteiger partial charge in [-0.15, -0.1) is 0 Å². The molecular weight excluding hydrogens is 222 g/mol. The minimum atomic E-state index is 0.222. The van der Waals surface area contributed by atoms with E-state index in [-0.39, 0.29) is 5.54 Å². The van der Waals surface area contributed by atoms with Crippen molar-refractivity contribution in [2.24, 2.45) is 5.92 Å². The molecule has 0 aliphatic heterocycles. The second kappa shape index (κ2) is 5.31. The fraction of sp³-hybridized carbons (Fsp3) is 0.625. The lowest BCUT2D eigenvalue weighted by Crippen LogP contribution is -2.42. The molecule has 0 spiro atoms. The van der Waals surface area contributed by atoms with Crippen LogP contribution < -0.4 is 10.1 Å². The highest BCUT2D eigenvalue weighted by Crippen LogP contribution is 2.42. The lowest BCUT2D eigenvalue weighted by Gasteiger charge is -2.39. The molecule has 2 rings (SSSR count). The Kier molecular flexibility index (Phi) is 3.96. The summed E-state index contributed by atoms with van der Waals surface area (Å²) < 4.78 is 5.21. The van der Waals surface area contributed by atoms with Crippen molar-refractivity contribution in [3.8, 4) is 5.75 Å². The largest absolute Gasteiger partial charge is 0.497 e. The molecule has 0 bridgehead atoms. The van der Waals surface area contributed by atoms with E-state index in [1.807, 2.05) is 0 Å². The molecule has 0 aromatic heterocycles. The van der Waals surface area contributed by atoms with Crippen LogP contribution >= 0.6 is 0 Å². The Morgan fingerprint density at radius 2 is 1.83 bits per heavy atom. The van der Waals surface area contributed by atoms with E-state index in [4.69, 9.17) is 4.74 Å². The minimum absolute atomic E-state index is 0.222. The predicted octanol–water partition coefficient (Wildman–Crippen LogP) is 3.58. The van der Waals surface area contributed by atoms with Gasteiger partial charge in [0.25, 0.3) is 0 Å². The van der Waals surface area contributed by atoms with Crippen LogP contribution in [0.1, 0.15) is 45.1 Å². The third kappa shape index (κ3) is 3.26. The van der Waals surface area contributed by atoms with Crippen LogP contribution in [0.4, 0.5) is 0 Å². The fourth-order valence-corrected chi connectivity index (χ4v) is 2.54. The van der Waals surface area contributed by atoms with Crippen molar-refractivity contribution < 1.29 is 4.74 Å². The van der Waals surface area contributed by atoms with Crippen molar-refractivity contribution in [2.45, 2.75) is 45.1 Å². The molecule has 1 aromatic rings. The summed E-state index contributed by atoms with van der Waals surface area (Å²) in [6.45, 7) is 7.82. The lowest BCUT2D eigenvalue weighted by atomic mass is 9.70. The van der Waals surface area contributed by atoms with Gasteiger partial charge in [0.05, 0.1) is 7.11 Å². The summed E-state index contributed by atoms with van der Waals surface area (Å²) in [4.78, 5) is 0. The molecule has 2 atom stereocenters. The van der Waals surface area contributed by atoms with E-state index in [9.17, 15) is 0 Å². The normalized spacial score (nSPS) is 23.6. The van der Waals surface area contributed by atoms with Gasteiger partial charge in [-0.25, -0.2) is 0 Å². The Morgan fingerprint density at radius 3 is 2.28 bits per heavy atom. The number of ether oxygens (including phenoxy) is 1. The van der Waals surface area contributed by atoms with Gasteiger partial charge in [-0.1, -0.05) is 12.1 Å². The maximum atomic E-state index is 5.21. The standard InChI is InChI=1S/C16H25NO/c1-16(2,3)17-11-13-7-10-15(13)12-5-8-14(18-4)9-6-12/h5-6,8-9,13,15,17H,7,10-11H2,1-4H3. The van der Waals surface area contributed by atoms with Crippen molar-refractivity contribution in [1.29, 1.82) is 0 Å². The second-order valence-corrected chi connectivity index (χ2v) is 6.35. The highest BCUT2D eigenvalue weighted by atomic mass is 16.5. The monoisotopic (exact) mass is 247 g/mol. The number of nitrogens with one attached hydrogen (secondary N) is 1. The number of methoxy groups -OCH3 is 1. The maximum Gasteiger partial charge on any atom is 0.118 e. The maximum absolute atomic E-state index is 5.21. The van der Waals surface area contributed by atoms with Gasteiger partial charge in [0.15, 0.2) is 0 Å². The van der Waals surface area contributed by atoms with E-state index < -0.39 is 0 Å². The van der Waals surface area contributed by atoms with Crippen LogP contribution in [0.2, 0.25) is 0 Å². The zero-order valence-corrected chi connectivity index (χ0v) is 12.0.